The topological polar surface area (TPSA) is 110 Å². The van der Waals surface area contributed by atoms with Crippen LogP contribution in [0.2, 0.25) is 0 Å². The molecule has 2 N–H and O–H groups in total. The molecule has 1 aromatic rings. The zero-order valence-corrected chi connectivity index (χ0v) is 12.2. The van der Waals surface area contributed by atoms with E-state index in [9.17, 15) is 19.7 Å². The van der Waals surface area contributed by atoms with Crippen LogP contribution < -0.4 is 5.32 Å². The first kappa shape index (κ1) is 15.9. The fourth-order valence-corrected chi connectivity index (χ4v) is 2.73. The number of nitro benzene ring substituents is 1. The number of benzene rings is 1. The lowest BCUT2D eigenvalue weighted by molar-refractivity contribution is -0.384. The number of Topliss-reactive ketones (excluding diaryl/α,β-unsaturated/α-hetero) is 1. The molecule has 0 unspecified atom stereocenters. The predicted octanol–water partition coefficient (Wildman–Crippen LogP) is 2.85. The average molecular weight is 306 g/mol. The van der Waals surface area contributed by atoms with Crippen molar-refractivity contribution in [1.82, 2.24) is 0 Å². The number of hydrogen-bond donors (Lipinski definition) is 2. The van der Waals surface area contributed by atoms with Gasteiger partial charge in [0.05, 0.1) is 10.8 Å². The Morgan fingerprint density at radius 3 is 2.41 bits per heavy atom. The monoisotopic (exact) mass is 306 g/mol. The van der Waals surface area contributed by atoms with Crippen molar-refractivity contribution in [2.24, 2.45) is 5.92 Å². The van der Waals surface area contributed by atoms with Gasteiger partial charge in [0, 0.05) is 17.7 Å². The Morgan fingerprint density at radius 1 is 1.27 bits per heavy atom. The van der Waals surface area contributed by atoms with Gasteiger partial charge >= 0.3 is 5.97 Å². The Morgan fingerprint density at radius 2 is 1.91 bits per heavy atom. The first-order valence-corrected chi connectivity index (χ1v) is 7.17. The highest BCUT2D eigenvalue weighted by Gasteiger charge is 2.27. The number of nitro groups is 1. The smallest absolute Gasteiger partial charge is 0.306 e. The molecule has 1 aromatic carbocycles. The molecule has 0 saturated heterocycles. The summed E-state index contributed by atoms with van der Waals surface area (Å²) in [7, 11) is 0. The summed E-state index contributed by atoms with van der Waals surface area (Å²) in [5.74, 6) is -1.33. The van der Waals surface area contributed by atoms with Gasteiger partial charge in [0.2, 0.25) is 0 Å². The number of hydrogen-bond acceptors (Lipinski definition) is 5. The summed E-state index contributed by atoms with van der Waals surface area (Å²) in [5.41, 5.74) is 0.536. The molecular formula is C15H18N2O5. The van der Waals surface area contributed by atoms with Crippen molar-refractivity contribution in [3.8, 4) is 0 Å². The van der Waals surface area contributed by atoms with E-state index in [1.807, 2.05) is 0 Å². The number of anilines is 1. The number of ketones is 1. The van der Waals surface area contributed by atoms with E-state index in [2.05, 4.69) is 5.32 Å². The molecule has 0 bridgehead atoms. The maximum absolute atomic E-state index is 11.3. The van der Waals surface area contributed by atoms with Crippen LogP contribution in [0.5, 0.6) is 0 Å². The van der Waals surface area contributed by atoms with Gasteiger partial charge in [-0.25, -0.2) is 0 Å². The van der Waals surface area contributed by atoms with E-state index < -0.39 is 10.9 Å². The van der Waals surface area contributed by atoms with E-state index in [4.69, 9.17) is 5.11 Å². The van der Waals surface area contributed by atoms with E-state index in [1.165, 1.54) is 19.1 Å². The molecule has 1 aliphatic rings. The first-order chi connectivity index (χ1) is 10.4. The zero-order valence-electron chi connectivity index (χ0n) is 12.2. The number of nitrogens with zero attached hydrogens (tertiary/aromatic N) is 1. The van der Waals surface area contributed by atoms with E-state index >= 15 is 0 Å². The molecular weight excluding hydrogens is 288 g/mol. The number of carbonyl (C=O) groups is 2. The van der Waals surface area contributed by atoms with Crippen LogP contribution in [0.4, 0.5) is 11.4 Å². The first-order valence-electron chi connectivity index (χ1n) is 7.17. The SMILES string of the molecule is CC(=O)c1ccc(NC2CCC(C(=O)O)CC2)c([N+](=O)[O-])c1. The molecule has 1 saturated carbocycles. The van der Waals surface area contributed by atoms with E-state index in [0.717, 1.165) is 0 Å². The Labute approximate surface area is 127 Å². The largest absolute Gasteiger partial charge is 0.481 e. The van der Waals surface area contributed by atoms with Crippen LogP contribution in [0.15, 0.2) is 18.2 Å². The quantitative estimate of drug-likeness (QED) is 0.492. The van der Waals surface area contributed by atoms with Crippen molar-refractivity contribution < 1.29 is 19.6 Å². The molecule has 0 amide bonds. The van der Waals surface area contributed by atoms with Crippen LogP contribution in [0, 0.1) is 16.0 Å². The maximum atomic E-state index is 11.3. The summed E-state index contributed by atoms with van der Waals surface area (Å²) in [5, 5.41) is 23.2. The Kier molecular flexibility index (Phi) is 4.75. The third-order valence-corrected chi connectivity index (χ3v) is 4.04. The minimum absolute atomic E-state index is 0.0116. The van der Waals surface area contributed by atoms with Gasteiger partial charge in [0.1, 0.15) is 5.69 Å². The lowest BCUT2D eigenvalue weighted by atomic mass is 9.86. The maximum Gasteiger partial charge on any atom is 0.306 e. The van der Waals surface area contributed by atoms with Crippen molar-refractivity contribution in [3.63, 3.8) is 0 Å². The standard InChI is InChI=1S/C15H18N2O5/c1-9(18)11-4-7-13(14(8-11)17(21)22)16-12-5-2-10(3-6-12)15(19)20/h4,7-8,10,12,16H,2-3,5-6H2,1H3,(H,19,20). The van der Waals surface area contributed by atoms with Crippen molar-refractivity contribution in [2.75, 3.05) is 5.32 Å². The Bertz CT molecular complexity index is 606. The summed E-state index contributed by atoms with van der Waals surface area (Å²) < 4.78 is 0. The van der Waals surface area contributed by atoms with E-state index in [0.29, 0.717) is 36.9 Å². The fourth-order valence-electron chi connectivity index (χ4n) is 2.73. The van der Waals surface area contributed by atoms with Gasteiger partial charge in [-0.1, -0.05) is 0 Å². The normalized spacial score (nSPS) is 21.1. The molecule has 0 aromatic heterocycles. The molecule has 2 rings (SSSR count). The van der Waals surface area contributed by atoms with Gasteiger partial charge < -0.3 is 10.4 Å². The van der Waals surface area contributed by atoms with Crippen LogP contribution >= 0.6 is 0 Å². The molecule has 0 atom stereocenters. The number of nitrogens with one attached hydrogen (secondary N) is 1. The van der Waals surface area contributed by atoms with Crippen LogP contribution in [0.3, 0.4) is 0 Å². The van der Waals surface area contributed by atoms with Crippen LogP contribution in [0.1, 0.15) is 43.0 Å². The fraction of sp³-hybridized carbons (Fsp3) is 0.467. The molecule has 0 heterocycles. The minimum Gasteiger partial charge on any atom is -0.481 e. The Balaban J connectivity index is 2.11. The van der Waals surface area contributed by atoms with E-state index in [-0.39, 0.29) is 23.4 Å². The second-order valence-electron chi connectivity index (χ2n) is 5.58. The highest BCUT2D eigenvalue weighted by Crippen LogP contribution is 2.31. The van der Waals surface area contributed by atoms with Gasteiger partial charge in [-0.15, -0.1) is 0 Å². The third kappa shape index (κ3) is 3.60. The van der Waals surface area contributed by atoms with Crippen molar-refractivity contribution in [1.29, 1.82) is 0 Å². The highest BCUT2D eigenvalue weighted by molar-refractivity contribution is 5.95. The lowest BCUT2D eigenvalue weighted by Crippen LogP contribution is -2.29. The van der Waals surface area contributed by atoms with Crippen molar-refractivity contribution in [3.05, 3.63) is 33.9 Å². The average Bonchev–Trinajstić information content (AvgIpc) is 2.47. The molecule has 1 aliphatic carbocycles. The van der Waals surface area contributed by atoms with Crippen LogP contribution in [-0.4, -0.2) is 27.8 Å². The second kappa shape index (κ2) is 6.55. The second-order valence-corrected chi connectivity index (χ2v) is 5.58. The molecule has 7 heteroatoms. The number of carboxylic acids is 1. The zero-order chi connectivity index (χ0) is 16.3. The number of rotatable bonds is 5. The van der Waals surface area contributed by atoms with Crippen molar-refractivity contribution >= 4 is 23.1 Å². The van der Waals surface area contributed by atoms with Gasteiger partial charge in [-0.3, -0.25) is 19.7 Å². The Hall–Kier alpha value is -2.44. The molecule has 22 heavy (non-hydrogen) atoms. The number of carboxylic acid groups (broad SMARTS) is 1. The summed E-state index contributed by atoms with van der Waals surface area (Å²) in [4.78, 5) is 32.9. The van der Waals surface area contributed by atoms with E-state index in [1.54, 1.807) is 6.07 Å². The van der Waals surface area contributed by atoms with Gasteiger partial charge in [-0.05, 0) is 44.7 Å². The van der Waals surface area contributed by atoms with Gasteiger partial charge in [0.15, 0.2) is 5.78 Å². The van der Waals surface area contributed by atoms with Crippen molar-refractivity contribution in [2.45, 2.75) is 38.6 Å². The molecule has 1 fully saturated rings. The molecule has 0 aliphatic heterocycles. The summed E-state index contributed by atoms with van der Waals surface area (Å²) in [6.07, 6.45) is 2.43. The molecule has 0 spiro atoms. The molecule has 7 nitrogen and oxygen atoms in total. The number of carbonyl (C=O) groups excluding carboxylic acids is 1. The lowest BCUT2D eigenvalue weighted by Gasteiger charge is -2.27. The van der Waals surface area contributed by atoms with Crippen LogP contribution in [0.25, 0.3) is 0 Å². The molecule has 0 radical (unpaired) electrons. The minimum atomic E-state index is -0.782. The van der Waals surface area contributed by atoms with Crippen LogP contribution in [-0.2, 0) is 4.79 Å². The summed E-state index contributed by atoms with van der Waals surface area (Å²) in [6.45, 7) is 1.36. The van der Waals surface area contributed by atoms with Gasteiger partial charge in [-0.2, -0.15) is 0 Å². The van der Waals surface area contributed by atoms with Gasteiger partial charge in [0.25, 0.3) is 5.69 Å². The molecule has 118 valence electrons. The predicted molar refractivity (Wildman–Crippen MR) is 80.1 cm³/mol. The highest BCUT2D eigenvalue weighted by atomic mass is 16.6. The summed E-state index contributed by atoms with van der Waals surface area (Å²) in [6, 6.07) is 4.38. The summed E-state index contributed by atoms with van der Waals surface area (Å²) >= 11 is 0. The third-order valence-electron chi connectivity index (χ3n) is 4.04. The number of aliphatic carboxylic acids is 1.